The summed E-state index contributed by atoms with van der Waals surface area (Å²) in [6.45, 7) is 0.754. The van der Waals surface area contributed by atoms with Crippen molar-refractivity contribution in [3.63, 3.8) is 0 Å². The Labute approximate surface area is 92.2 Å². The maximum Gasteiger partial charge on any atom is 0.181 e. The lowest BCUT2D eigenvalue weighted by atomic mass is 10.2. The number of thiazole rings is 1. The molecule has 0 radical (unpaired) electrons. The minimum atomic E-state index is 0.613. The average molecular weight is 223 g/mol. The number of anilines is 1. The van der Waals surface area contributed by atoms with E-state index in [0.29, 0.717) is 5.13 Å². The van der Waals surface area contributed by atoms with Crippen molar-refractivity contribution >= 4 is 26.7 Å². The van der Waals surface area contributed by atoms with Crippen molar-refractivity contribution in [2.24, 2.45) is 0 Å². The number of benzene rings is 1. The highest BCUT2D eigenvalue weighted by Crippen LogP contribution is 2.24. The zero-order valence-electron chi connectivity index (χ0n) is 8.73. The van der Waals surface area contributed by atoms with Crippen LogP contribution in [0.1, 0.15) is 5.56 Å². The standard InChI is InChI=1S/C10H13N3OS/c1-13(14-2)6-7-3-4-8-9(5-7)15-10(11)12-8/h3-5H,6H2,1-2H3,(H2,11,12). The molecule has 2 rings (SSSR count). The number of fused-ring (bicyclic) bond motifs is 1. The fraction of sp³-hybridized carbons (Fsp3) is 0.300. The molecular formula is C10H13N3OS. The van der Waals surface area contributed by atoms with Crippen molar-refractivity contribution in [1.82, 2.24) is 10.0 Å². The van der Waals surface area contributed by atoms with Gasteiger partial charge in [-0.1, -0.05) is 17.4 Å². The van der Waals surface area contributed by atoms with E-state index in [9.17, 15) is 0 Å². The van der Waals surface area contributed by atoms with Gasteiger partial charge in [-0.15, -0.1) is 0 Å². The first-order chi connectivity index (χ1) is 7.19. The summed E-state index contributed by atoms with van der Waals surface area (Å²) in [7, 11) is 3.55. The summed E-state index contributed by atoms with van der Waals surface area (Å²) in [5.41, 5.74) is 7.79. The monoisotopic (exact) mass is 223 g/mol. The van der Waals surface area contributed by atoms with Gasteiger partial charge >= 0.3 is 0 Å². The molecule has 0 aliphatic heterocycles. The molecule has 0 saturated heterocycles. The molecule has 0 saturated carbocycles. The topological polar surface area (TPSA) is 51.4 Å². The SMILES string of the molecule is CON(C)Cc1ccc2nc(N)sc2c1. The summed E-state index contributed by atoms with van der Waals surface area (Å²) in [6, 6.07) is 6.12. The van der Waals surface area contributed by atoms with Crippen molar-refractivity contribution < 1.29 is 4.84 Å². The summed E-state index contributed by atoms with van der Waals surface area (Å²) < 4.78 is 1.12. The van der Waals surface area contributed by atoms with Gasteiger partial charge in [0.1, 0.15) is 0 Å². The van der Waals surface area contributed by atoms with E-state index in [1.807, 2.05) is 19.2 Å². The van der Waals surface area contributed by atoms with Crippen LogP contribution in [-0.4, -0.2) is 24.2 Å². The Morgan fingerprint density at radius 3 is 3.07 bits per heavy atom. The molecule has 15 heavy (non-hydrogen) atoms. The molecule has 2 aromatic rings. The molecule has 0 fully saturated rings. The number of nitrogen functional groups attached to an aromatic ring is 1. The fourth-order valence-electron chi connectivity index (χ4n) is 1.41. The highest BCUT2D eigenvalue weighted by Gasteiger charge is 2.03. The number of hydrogen-bond donors (Lipinski definition) is 1. The molecule has 1 aromatic carbocycles. The Kier molecular flexibility index (Phi) is 2.86. The quantitative estimate of drug-likeness (QED) is 0.807. The van der Waals surface area contributed by atoms with Gasteiger partial charge in [-0.2, -0.15) is 5.06 Å². The van der Waals surface area contributed by atoms with Crippen LogP contribution in [0.15, 0.2) is 18.2 Å². The van der Waals surface area contributed by atoms with Gasteiger partial charge < -0.3 is 10.6 Å². The fourth-order valence-corrected chi connectivity index (χ4v) is 2.20. The van der Waals surface area contributed by atoms with Crippen molar-refractivity contribution in [2.75, 3.05) is 19.9 Å². The molecule has 4 nitrogen and oxygen atoms in total. The predicted octanol–water partition coefficient (Wildman–Crippen LogP) is 1.87. The Hall–Kier alpha value is -1.17. The van der Waals surface area contributed by atoms with E-state index in [0.717, 1.165) is 16.8 Å². The van der Waals surface area contributed by atoms with Gasteiger partial charge in [-0.25, -0.2) is 4.98 Å². The van der Waals surface area contributed by atoms with Gasteiger partial charge in [-0.05, 0) is 17.7 Å². The molecule has 0 atom stereocenters. The third-order valence-corrected chi connectivity index (χ3v) is 3.03. The zero-order valence-corrected chi connectivity index (χ0v) is 9.54. The number of nitrogens with zero attached hydrogens (tertiary/aromatic N) is 2. The number of aromatic nitrogens is 1. The Balaban J connectivity index is 2.30. The highest BCUT2D eigenvalue weighted by molar-refractivity contribution is 7.22. The first kappa shape index (κ1) is 10.4. The molecule has 0 unspecified atom stereocenters. The van der Waals surface area contributed by atoms with Crippen LogP contribution in [0.2, 0.25) is 0 Å². The minimum absolute atomic E-state index is 0.613. The predicted molar refractivity (Wildman–Crippen MR) is 62.5 cm³/mol. The lowest BCUT2D eigenvalue weighted by Crippen LogP contribution is -2.15. The van der Waals surface area contributed by atoms with Gasteiger partial charge in [-0.3, -0.25) is 0 Å². The molecule has 1 heterocycles. The zero-order chi connectivity index (χ0) is 10.8. The summed E-state index contributed by atoms with van der Waals surface area (Å²) in [5, 5.41) is 2.38. The first-order valence-corrected chi connectivity index (χ1v) is 5.41. The van der Waals surface area contributed by atoms with E-state index < -0.39 is 0 Å². The molecule has 0 amide bonds. The third kappa shape index (κ3) is 2.26. The number of nitrogens with two attached hydrogens (primary N) is 1. The molecule has 0 aliphatic carbocycles. The Morgan fingerprint density at radius 1 is 1.53 bits per heavy atom. The second kappa shape index (κ2) is 4.14. The molecule has 0 aliphatic rings. The lowest BCUT2D eigenvalue weighted by molar-refractivity contribution is -0.116. The molecule has 80 valence electrons. The lowest BCUT2D eigenvalue weighted by Gasteiger charge is -2.12. The van der Waals surface area contributed by atoms with Crippen LogP contribution < -0.4 is 5.73 Å². The normalized spacial score (nSPS) is 11.4. The summed E-state index contributed by atoms with van der Waals surface area (Å²) in [6.07, 6.45) is 0. The molecule has 0 bridgehead atoms. The Morgan fingerprint density at radius 2 is 2.33 bits per heavy atom. The van der Waals surface area contributed by atoms with Gasteiger partial charge in [0.05, 0.1) is 17.3 Å². The second-order valence-electron chi connectivity index (χ2n) is 3.32. The Bertz CT molecular complexity index is 469. The molecule has 1 aromatic heterocycles. The van der Waals surface area contributed by atoms with Gasteiger partial charge in [0, 0.05) is 13.6 Å². The highest BCUT2D eigenvalue weighted by atomic mass is 32.1. The molecule has 5 heteroatoms. The molecule has 2 N–H and O–H groups in total. The second-order valence-corrected chi connectivity index (χ2v) is 4.38. The number of hydrogen-bond acceptors (Lipinski definition) is 5. The number of hydroxylamine groups is 2. The minimum Gasteiger partial charge on any atom is -0.375 e. The van der Waals surface area contributed by atoms with Gasteiger partial charge in [0.2, 0.25) is 0 Å². The number of rotatable bonds is 3. The maximum atomic E-state index is 5.64. The van der Waals surface area contributed by atoms with E-state index in [1.165, 1.54) is 16.9 Å². The van der Waals surface area contributed by atoms with Crippen molar-refractivity contribution in [3.05, 3.63) is 23.8 Å². The van der Waals surface area contributed by atoms with Crippen LogP contribution in [0.4, 0.5) is 5.13 Å². The van der Waals surface area contributed by atoms with Crippen molar-refractivity contribution in [1.29, 1.82) is 0 Å². The largest absolute Gasteiger partial charge is 0.375 e. The molecular weight excluding hydrogens is 210 g/mol. The summed E-state index contributed by atoms with van der Waals surface area (Å²) in [5.74, 6) is 0. The van der Waals surface area contributed by atoms with Crippen molar-refractivity contribution in [2.45, 2.75) is 6.54 Å². The van der Waals surface area contributed by atoms with Gasteiger partial charge in [0.15, 0.2) is 5.13 Å². The smallest absolute Gasteiger partial charge is 0.181 e. The first-order valence-electron chi connectivity index (χ1n) is 4.59. The van der Waals surface area contributed by atoms with E-state index in [4.69, 9.17) is 10.6 Å². The van der Waals surface area contributed by atoms with Crippen LogP contribution in [0, 0.1) is 0 Å². The maximum absolute atomic E-state index is 5.64. The van der Waals surface area contributed by atoms with E-state index in [2.05, 4.69) is 11.1 Å². The van der Waals surface area contributed by atoms with Crippen LogP contribution in [0.3, 0.4) is 0 Å². The van der Waals surface area contributed by atoms with Crippen LogP contribution >= 0.6 is 11.3 Å². The van der Waals surface area contributed by atoms with E-state index in [1.54, 1.807) is 12.2 Å². The summed E-state index contributed by atoms with van der Waals surface area (Å²) in [4.78, 5) is 9.27. The van der Waals surface area contributed by atoms with Crippen LogP contribution in [-0.2, 0) is 11.4 Å². The third-order valence-electron chi connectivity index (χ3n) is 2.19. The molecule has 0 spiro atoms. The van der Waals surface area contributed by atoms with Crippen LogP contribution in [0.5, 0.6) is 0 Å². The van der Waals surface area contributed by atoms with Gasteiger partial charge in [0.25, 0.3) is 0 Å². The summed E-state index contributed by atoms with van der Waals surface area (Å²) >= 11 is 1.51. The van der Waals surface area contributed by atoms with E-state index >= 15 is 0 Å². The van der Waals surface area contributed by atoms with Crippen molar-refractivity contribution in [3.8, 4) is 0 Å². The van der Waals surface area contributed by atoms with Crippen LogP contribution in [0.25, 0.3) is 10.2 Å². The average Bonchev–Trinajstić information content (AvgIpc) is 2.57. The van der Waals surface area contributed by atoms with E-state index in [-0.39, 0.29) is 0 Å².